The van der Waals surface area contributed by atoms with Gasteiger partial charge in [-0.1, -0.05) is 130 Å². The molecule has 1 radical (unpaired) electrons. The van der Waals surface area contributed by atoms with Gasteiger partial charge < -0.3 is 5.11 Å². The molecular weight excluding hydrogens is 823 g/mol. The third kappa shape index (κ3) is 9.66. The van der Waals surface area contributed by atoms with Crippen molar-refractivity contribution in [1.82, 2.24) is 4.98 Å². The Kier molecular flexibility index (Phi) is 14.6. The van der Waals surface area contributed by atoms with Crippen molar-refractivity contribution < 1.29 is 30.0 Å². The predicted octanol–water partition coefficient (Wildman–Crippen LogP) is 13.7. The Morgan fingerprint density at radius 1 is 0.863 bits per heavy atom. The predicted molar refractivity (Wildman–Crippen MR) is 217 cm³/mol. The number of aliphatic hydroxyl groups excluding tert-OH is 1. The van der Waals surface area contributed by atoms with Crippen LogP contribution in [0.3, 0.4) is 0 Å². The third-order valence-electron chi connectivity index (χ3n) is 10.8. The van der Waals surface area contributed by atoms with E-state index in [0.29, 0.717) is 5.92 Å². The fraction of sp³-hybridized carbons (Fsp3) is 0.435. The van der Waals surface area contributed by atoms with E-state index in [-0.39, 0.29) is 47.9 Å². The number of allylic oxidation sites excluding steroid dienone is 2. The zero-order valence-corrected chi connectivity index (χ0v) is 35.9. The number of pyridine rings is 1. The molecule has 3 nitrogen and oxygen atoms in total. The number of carbonyl (C=O) groups is 1. The van der Waals surface area contributed by atoms with Crippen molar-refractivity contribution in [2.75, 3.05) is 0 Å². The molecule has 0 aliphatic carbocycles. The van der Waals surface area contributed by atoms with Crippen molar-refractivity contribution in [3.05, 3.63) is 101 Å². The van der Waals surface area contributed by atoms with Gasteiger partial charge in [-0.2, -0.15) is 0 Å². The molecule has 0 saturated heterocycles. The number of fused-ring (bicyclic) bond motifs is 2. The summed E-state index contributed by atoms with van der Waals surface area (Å²) in [5.74, 6) is 0.938. The number of ketones is 1. The van der Waals surface area contributed by atoms with Gasteiger partial charge in [0.05, 0.1) is 0 Å². The fourth-order valence-corrected chi connectivity index (χ4v) is 7.48. The molecule has 2 heterocycles. The molecule has 0 spiro atoms. The summed E-state index contributed by atoms with van der Waals surface area (Å²) < 4.78 is 1.36. The van der Waals surface area contributed by atoms with Crippen molar-refractivity contribution >= 4 is 38.0 Å². The van der Waals surface area contributed by atoms with Gasteiger partial charge in [0.2, 0.25) is 0 Å². The summed E-state index contributed by atoms with van der Waals surface area (Å²) in [6.07, 6.45) is 7.81. The topological polar surface area (TPSA) is 50.2 Å². The monoisotopic (exact) mass is 881 g/mol. The van der Waals surface area contributed by atoms with Crippen LogP contribution in [0.1, 0.15) is 113 Å². The van der Waals surface area contributed by atoms with Gasteiger partial charge in [-0.15, -0.1) is 40.5 Å². The molecule has 0 amide bonds. The summed E-state index contributed by atoms with van der Waals surface area (Å²) in [5.41, 5.74) is 6.75. The summed E-state index contributed by atoms with van der Waals surface area (Å²) >= 11 is 1.86. The maximum Gasteiger partial charge on any atom is 0.164 e. The van der Waals surface area contributed by atoms with Crippen LogP contribution in [-0.2, 0) is 36.7 Å². The number of rotatable bonds is 11. The van der Waals surface area contributed by atoms with Gasteiger partial charge in [0.25, 0.3) is 0 Å². The van der Waals surface area contributed by atoms with Crippen molar-refractivity contribution in [1.29, 1.82) is 0 Å². The minimum absolute atomic E-state index is 0. The smallest absolute Gasteiger partial charge is 0.164 e. The number of thiophene rings is 1. The van der Waals surface area contributed by atoms with Crippen molar-refractivity contribution in [3.8, 4) is 22.4 Å². The maximum absolute atomic E-state index is 12.2. The summed E-state index contributed by atoms with van der Waals surface area (Å²) in [6, 6.07) is 25.5. The second-order valence-electron chi connectivity index (χ2n) is 15.8. The van der Waals surface area contributed by atoms with Crippen LogP contribution in [0.15, 0.2) is 84.1 Å². The molecular formula is C46H58IrNO2S-. The average molecular weight is 881 g/mol. The van der Waals surface area contributed by atoms with E-state index in [9.17, 15) is 9.90 Å². The number of hydrogen-bond donors (Lipinski definition) is 1. The van der Waals surface area contributed by atoms with Gasteiger partial charge in [-0.3, -0.25) is 9.78 Å². The molecule has 2 aromatic heterocycles. The van der Waals surface area contributed by atoms with E-state index < -0.39 is 0 Å². The van der Waals surface area contributed by atoms with Crippen LogP contribution in [-0.4, -0.2) is 15.9 Å². The van der Waals surface area contributed by atoms with Gasteiger partial charge in [0.15, 0.2) is 5.78 Å². The fourth-order valence-electron chi connectivity index (χ4n) is 6.35. The zero-order chi connectivity index (χ0) is 36.9. The number of carbonyl (C=O) groups excluding carboxylic acids is 1. The number of aromatic nitrogens is 1. The summed E-state index contributed by atoms with van der Waals surface area (Å²) in [5, 5.41) is 16.3. The third-order valence-corrected chi connectivity index (χ3v) is 11.9. The Balaban J connectivity index is 0.000000335. The molecule has 5 rings (SSSR count). The molecule has 0 fully saturated rings. The van der Waals surface area contributed by atoms with E-state index in [4.69, 9.17) is 4.98 Å². The van der Waals surface area contributed by atoms with Gasteiger partial charge in [-0.05, 0) is 77.0 Å². The van der Waals surface area contributed by atoms with Crippen LogP contribution >= 0.6 is 11.3 Å². The van der Waals surface area contributed by atoms with Crippen LogP contribution in [0.2, 0.25) is 0 Å². The molecule has 0 aliphatic rings. The van der Waals surface area contributed by atoms with Crippen LogP contribution in [0.25, 0.3) is 43.2 Å². The van der Waals surface area contributed by atoms with Gasteiger partial charge in [0.1, 0.15) is 5.76 Å². The Morgan fingerprint density at radius 3 is 2.10 bits per heavy atom. The number of nitrogens with zero attached hydrogens (tertiary/aromatic N) is 1. The van der Waals surface area contributed by atoms with E-state index in [0.717, 1.165) is 48.7 Å². The van der Waals surface area contributed by atoms with Crippen LogP contribution in [0, 0.1) is 22.8 Å². The Bertz CT molecular complexity index is 1950. The molecule has 275 valence electrons. The Labute approximate surface area is 325 Å². The van der Waals surface area contributed by atoms with E-state index in [1.165, 1.54) is 43.8 Å². The molecule has 3 aromatic carbocycles. The Morgan fingerprint density at radius 2 is 1.49 bits per heavy atom. The molecule has 0 saturated carbocycles. The number of aliphatic hydroxyl groups is 1. The SMILES string of the molecule is CC(C)Cc1csc2c(-c3ccnc(-c4[c-]c5ccccc5c(C(C)(C)C)c4)c3)cccc12.CCC(C)(CC)C(=O)/C=C(\O)C(C)(CC)CC.[Ir]. The summed E-state index contributed by atoms with van der Waals surface area (Å²) in [4.78, 5) is 16.9. The van der Waals surface area contributed by atoms with Gasteiger partial charge >= 0.3 is 0 Å². The average Bonchev–Trinajstić information content (AvgIpc) is 3.52. The van der Waals surface area contributed by atoms with E-state index >= 15 is 0 Å². The minimum Gasteiger partial charge on any atom is -0.512 e. The maximum atomic E-state index is 12.2. The quantitative estimate of drug-likeness (QED) is 0.0817. The standard InChI is InChI=1S/C31H30NS.C15H28O2.Ir/c1-20(2)15-24-19-33-30-26(11-8-12-27(24)30)22-13-14-32-29(18-22)23-16-21-9-6-7-10-25(21)28(17-23)31(3,4)5;1-7-14(5,8-2)12(16)11-13(17)15(6,9-3)10-4;/h6-14,17-20H,15H2,1-5H3;11,16H,7-10H2,1-6H3;/q-1;;/b;12-11-;. The number of benzene rings is 3. The largest absolute Gasteiger partial charge is 0.512 e. The van der Waals surface area contributed by atoms with E-state index in [1.54, 1.807) is 0 Å². The van der Waals surface area contributed by atoms with Crippen molar-refractivity contribution in [2.45, 2.75) is 114 Å². The zero-order valence-electron chi connectivity index (χ0n) is 32.7. The number of hydrogen-bond acceptors (Lipinski definition) is 4. The van der Waals surface area contributed by atoms with Gasteiger partial charge in [0, 0.05) is 53.6 Å². The first-order valence-electron chi connectivity index (χ1n) is 18.5. The van der Waals surface area contributed by atoms with Crippen LogP contribution in [0.4, 0.5) is 0 Å². The molecule has 5 heteroatoms. The summed E-state index contributed by atoms with van der Waals surface area (Å²) in [7, 11) is 0. The first kappa shape index (κ1) is 42.3. The van der Waals surface area contributed by atoms with Crippen LogP contribution < -0.4 is 0 Å². The van der Waals surface area contributed by atoms with Gasteiger partial charge in [-0.25, -0.2) is 0 Å². The molecule has 1 N–H and O–H groups in total. The van der Waals surface area contributed by atoms with Crippen molar-refractivity contribution in [3.63, 3.8) is 0 Å². The normalized spacial score (nSPS) is 12.5. The van der Waals surface area contributed by atoms with Crippen LogP contribution in [0.5, 0.6) is 0 Å². The molecule has 0 unspecified atom stereocenters. The minimum atomic E-state index is -0.337. The van der Waals surface area contributed by atoms with E-state index in [1.807, 2.05) is 59.1 Å². The van der Waals surface area contributed by atoms with Crippen molar-refractivity contribution in [2.24, 2.45) is 16.7 Å². The molecule has 0 atom stereocenters. The molecule has 5 aromatic rings. The van der Waals surface area contributed by atoms with E-state index in [2.05, 4.69) is 107 Å². The molecule has 0 aliphatic heterocycles. The molecule has 51 heavy (non-hydrogen) atoms. The second-order valence-corrected chi connectivity index (χ2v) is 16.7. The first-order valence-corrected chi connectivity index (χ1v) is 19.4. The Hall–Kier alpha value is -3.11. The first-order chi connectivity index (χ1) is 23.6. The summed E-state index contributed by atoms with van der Waals surface area (Å²) in [6.45, 7) is 23.5. The second kappa shape index (κ2) is 17.6. The molecule has 0 bridgehead atoms.